The molecule has 1 aliphatic rings. The minimum atomic E-state index is -0.252. The molecule has 16 heavy (non-hydrogen) atoms. The summed E-state index contributed by atoms with van der Waals surface area (Å²) in [5.74, 6) is -0.252. The Kier molecular flexibility index (Phi) is 3.56. The third-order valence-electron chi connectivity index (χ3n) is 2.63. The number of aromatic nitrogens is 1. The number of hydrogen-bond donors (Lipinski definition) is 0. The minimum absolute atomic E-state index is 0.117. The van der Waals surface area contributed by atoms with E-state index in [9.17, 15) is 4.79 Å². The molecular formula is C11H15NO3S. The van der Waals surface area contributed by atoms with Crippen molar-refractivity contribution in [3.8, 4) is 0 Å². The van der Waals surface area contributed by atoms with Gasteiger partial charge in [0.15, 0.2) is 0 Å². The van der Waals surface area contributed by atoms with Crippen molar-refractivity contribution in [2.45, 2.75) is 38.4 Å². The van der Waals surface area contributed by atoms with Crippen LogP contribution in [0.5, 0.6) is 0 Å². The van der Waals surface area contributed by atoms with Gasteiger partial charge in [-0.15, -0.1) is 11.3 Å². The summed E-state index contributed by atoms with van der Waals surface area (Å²) in [5.41, 5.74) is 0.773. The van der Waals surface area contributed by atoms with E-state index in [0.29, 0.717) is 6.10 Å². The Bertz CT molecular complexity index is 377. The van der Waals surface area contributed by atoms with Crippen LogP contribution in [0.15, 0.2) is 5.38 Å². The Morgan fingerprint density at radius 3 is 3.12 bits per heavy atom. The second-order valence-corrected chi connectivity index (χ2v) is 4.83. The lowest BCUT2D eigenvalue weighted by Crippen LogP contribution is -2.05. The van der Waals surface area contributed by atoms with Crippen LogP contribution in [-0.2, 0) is 20.7 Å². The first kappa shape index (κ1) is 11.5. The fraction of sp³-hybridized carbons (Fsp3) is 0.636. The molecule has 0 aliphatic carbocycles. The molecule has 88 valence electrons. The van der Waals surface area contributed by atoms with Gasteiger partial charge in [0.2, 0.25) is 0 Å². The molecule has 1 saturated heterocycles. The zero-order valence-corrected chi connectivity index (χ0v) is 10.3. The fourth-order valence-electron chi connectivity index (χ4n) is 1.76. The first-order chi connectivity index (χ1) is 7.69. The van der Waals surface area contributed by atoms with Crippen LogP contribution in [-0.4, -0.2) is 24.2 Å². The molecule has 0 amide bonds. The van der Waals surface area contributed by atoms with Gasteiger partial charge in [-0.05, 0) is 19.8 Å². The van der Waals surface area contributed by atoms with Gasteiger partial charge in [-0.2, -0.15) is 0 Å². The number of nitrogens with zero attached hydrogens (tertiary/aromatic N) is 1. The SMILES string of the molecule is COC(=O)Cc1csc(C2CCC(C)O2)n1. The predicted molar refractivity (Wildman–Crippen MR) is 60.4 cm³/mol. The van der Waals surface area contributed by atoms with Crippen molar-refractivity contribution in [3.63, 3.8) is 0 Å². The molecule has 2 unspecified atom stereocenters. The van der Waals surface area contributed by atoms with E-state index in [0.717, 1.165) is 23.5 Å². The lowest BCUT2D eigenvalue weighted by Gasteiger charge is -2.06. The van der Waals surface area contributed by atoms with Gasteiger partial charge in [-0.3, -0.25) is 4.79 Å². The number of methoxy groups -OCH3 is 1. The van der Waals surface area contributed by atoms with Crippen LogP contribution in [0, 0.1) is 0 Å². The maximum atomic E-state index is 11.1. The molecule has 2 atom stereocenters. The largest absolute Gasteiger partial charge is 0.469 e. The van der Waals surface area contributed by atoms with Crippen molar-refractivity contribution in [2.75, 3.05) is 7.11 Å². The lowest BCUT2D eigenvalue weighted by molar-refractivity contribution is -0.139. The first-order valence-electron chi connectivity index (χ1n) is 5.35. The molecule has 2 rings (SSSR count). The molecule has 1 aliphatic heterocycles. The van der Waals surface area contributed by atoms with Gasteiger partial charge in [-0.1, -0.05) is 0 Å². The molecule has 0 saturated carbocycles. The van der Waals surface area contributed by atoms with E-state index in [1.807, 2.05) is 5.38 Å². The average molecular weight is 241 g/mol. The summed E-state index contributed by atoms with van der Waals surface area (Å²) in [6.45, 7) is 2.07. The second kappa shape index (κ2) is 4.93. The van der Waals surface area contributed by atoms with Gasteiger partial charge in [0.05, 0.1) is 25.3 Å². The monoisotopic (exact) mass is 241 g/mol. The lowest BCUT2D eigenvalue weighted by atomic mass is 10.2. The molecule has 0 aromatic carbocycles. The summed E-state index contributed by atoms with van der Waals surface area (Å²) in [6.07, 6.45) is 2.78. The van der Waals surface area contributed by atoms with Crippen LogP contribution in [0.4, 0.5) is 0 Å². The highest BCUT2D eigenvalue weighted by atomic mass is 32.1. The highest BCUT2D eigenvalue weighted by Crippen LogP contribution is 2.34. The highest BCUT2D eigenvalue weighted by Gasteiger charge is 2.25. The summed E-state index contributed by atoms with van der Waals surface area (Å²) in [4.78, 5) is 15.5. The molecule has 1 fully saturated rings. The van der Waals surface area contributed by atoms with E-state index in [-0.39, 0.29) is 18.5 Å². The molecule has 0 radical (unpaired) electrons. The van der Waals surface area contributed by atoms with E-state index in [1.54, 1.807) is 11.3 Å². The van der Waals surface area contributed by atoms with Gasteiger partial charge in [0.25, 0.3) is 0 Å². The van der Waals surface area contributed by atoms with Crippen LogP contribution in [0.1, 0.15) is 36.6 Å². The van der Waals surface area contributed by atoms with Gasteiger partial charge in [0, 0.05) is 5.38 Å². The summed E-state index contributed by atoms with van der Waals surface area (Å²) < 4.78 is 10.3. The number of carbonyl (C=O) groups excluding carboxylic acids is 1. The van der Waals surface area contributed by atoms with E-state index in [2.05, 4.69) is 16.6 Å². The van der Waals surface area contributed by atoms with Crippen molar-refractivity contribution in [1.29, 1.82) is 0 Å². The molecular weight excluding hydrogens is 226 g/mol. The van der Waals surface area contributed by atoms with Crippen LogP contribution >= 0.6 is 11.3 Å². The molecule has 0 bridgehead atoms. The molecule has 1 aromatic rings. The first-order valence-corrected chi connectivity index (χ1v) is 6.23. The predicted octanol–water partition coefficient (Wildman–Crippen LogP) is 2.10. The highest BCUT2D eigenvalue weighted by molar-refractivity contribution is 7.09. The Morgan fingerprint density at radius 2 is 2.50 bits per heavy atom. The zero-order chi connectivity index (χ0) is 11.5. The third-order valence-corrected chi connectivity index (χ3v) is 3.62. The van der Waals surface area contributed by atoms with Gasteiger partial charge in [0.1, 0.15) is 11.1 Å². The number of carbonyl (C=O) groups is 1. The normalized spacial score (nSPS) is 24.6. The van der Waals surface area contributed by atoms with Crippen LogP contribution < -0.4 is 0 Å². The Balaban J connectivity index is 1.99. The summed E-state index contributed by atoms with van der Waals surface area (Å²) in [5, 5.41) is 2.88. The maximum Gasteiger partial charge on any atom is 0.311 e. The molecule has 0 spiro atoms. The van der Waals surface area contributed by atoms with Gasteiger partial charge in [-0.25, -0.2) is 4.98 Å². The summed E-state index contributed by atoms with van der Waals surface area (Å²) >= 11 is 1.56. The standard InChI is InChI=1S/C11H15NO3S/c1-7-3-4-9(15-7)11-12-8(6-16-11)5-10(13)14-2/h6-7,9H,3-5H2,1-2H3. The molecule has 0 N–H and O–H groups in total. The molecule has 2 heterocycles. The van der Waals surface area contributed by atoms with Gasteiger partial charge < -0.3 is 9.47 Å². The van der Waals surface area contributed by atoms with E-state index in [1.165, 1.54) is 7.11 Å². The molecule has 4 nitrogen and oxygen atoms in total. The quantitative estimate of drug-likeness (QED) is 0.760. The van der Waals surface area contributed by atoms with Crippen molar-refractivity contribution < 1.29 is 14.3 Å². The van der Waals surface area contributed by atoms with Gasteiger partial charge >= 0.3 is 5.97 Å². The van der Waals surface area contributed by atoms with Crippen molar-refractivity contribution in [1.82, 2.24) is 4.98 Å². The number of esters is 1. The van der Waals surface area contributed by atoms with Crippen LogP contribution in [0.3, 0.4) is 0 Å². The fourth-order valence-corrected chi connectivity index (χ4v) is 2.64. The van der Waals surface area contributed by atoms with E-state index < -0.39 is 0 Å². The second-order valence-electron chi connectivity index (χ2n) is 3.94. The Morgan fingerprint density at radius 1 is 1.69 bits per heavy atom. The van der Waals surface area contributed by atoms with E-state index >= 15 is 0 Å². The van der Waals surface area contributed by atoms with Crippen molar-refractivity contribution in [2.24, 2.45) is 0 Å². The number of hydrogen-bond acceptors (Lipinski definition) is 5. The third kappa shape index (κ3) is 2.59. The molecule has 5 heteroatoms. The smallest absolute Gasteiger partial charge is 0.311 e. The summed E-state index contributed by atoms with van der Waals surface area (Å²) in [7, 11) is 1.39. The minimum Gasteiger partial charge on any atom is -0.469 e. The number of thiazole rings is 1. The average Bonchev–Trinajstić information content (AvgIpc) is 2.87. The van der Waals surface area contributed by atoms with Crippen molar-refractivity contribution in [3.05, 3.63) is 16.1 Å². The molecule has 1 aromatic heterocycles. The number of ether oxygens (including phenoxy) is 2. The topological polar surface area (TPSA) is 48.4 Å². The Labute approximate surface area is 98.6 Å². The zero-order valence-electron chi connectivity index (χ0n) is 9.43. The van der Waals surface area contributed by atoms with Crippen LogP contribution in [0.25, 0.3) is 0 Å². The number of rotatable bonds is 3. The van der Waals surface area contributed by atoms with Crippen LogP contribution in [0.2, 0.25) is 0 Å². The van der Waals surface area contributed by atoms with E-state index in [4.69, 9.17) is 4.74 Å². The summed E-state index contributed by atoms with van der Waals surface area (Å²) in [6, 6.07) is 0. The Hall–Kier alpha value is -0.940. The maximum absolute atomic E-state index is 11.1. The van der Waals surface area contributed by atoms with Crippen molar-refractivity contribution >= 4 is 17.3 Å².